The summed E-state index contributed by atoms with van der Waals surface area (Å²) in [5.74, 6) is 0.648. The average molecular weight is 231 g/mol. The lowest BCUT2D eigenvalue weighted by molar-refractivity contribution is 0.0875. The topological polar surface area (TPSA) is 21.3 Å². The summed E-state index contributed by atoms with van der Waals surface area (Å²) in [7, 11) is 0. The van der Waals surface area contributed by atoms with E-state index in [-0.39, 0.29) is 0 Å². The van der Waals surface area contributed by atoms with Crippen LogP contribution < -0.4 is 5.32 Å². The molecular weight excluding hydrogens is 210 g/mol. The number of nitrogens with one attached hydrogen (secondary N) is 1. The fourth-order valence-corrected chi connectivity index (χ4v) is 2.93. The van der Waals surface area contributed by atoms with Gasteiger partial charge in [0.05, 0.1) is 13.2 Å². The van der Waals surface area contributed by atoms with Gasteiger partial charge in [-0.1, -0.05) is 30.7 Å². The van der Waals surface area contributed by atoms with E-state index in [0.29, 0.717) is 12.0 Å². The Morgan fingerprint density at radius 3 is 2.94 bits per heavy atom. The van der Waals surface area contributed by atoms with Crippen molar-refractivity contribution in [2.24, 2.45) is 0 Å². The molecule has 2 nitrogen and oxygen atoms in total. The maximum absolute atomic E-state index is 5.87. The molecule has 1 aromatic rings. The Morgan fingerprint density at radius 2 is 2.12 bits per heavy atom. The number of fused-ring (bicyclic) bond motifs is 1. The maximum atomic E-state index is 5.87. The molecule has 1 saturated heterocycles. The number of piperidine rings is 1. The molecule has 0 amide bonds. The van der Waals surface area contributed by atoms with Crippen LogP contribution in [0.2, 0.25) is 0 Å². The van der Waals surface area contributed by atoms with E-state index in [4.69, 9.17) is 4.74 Å². The molecular formula is C15H21NO. The number of hydrogen-bond donors (Lipinski definition) is 1. The van der Waals surface area contributed by atoms with Crippen LogP contribution in [0.4, 0.5) is 0 Å². The Kier molecular flexibility index (Phi) is 3.44. The molecule has 1 aliphatic carbocycles. The van der Waals surface area contributed by atoms with E-state index >= 15 is 0 Å². The van der Waals surface area contributed by atoms with E-state index in [1.54, 1.807) is 0 Å². The third kappa shape index (κ3) is 2.53. The highest BCUT2D eigenvalue weighted by atomic mass is 16.5. The zero-order valence-electron chi connectivity index (χ0n) is 10.3. The second-order valence-corrected chi connectivity index (χ2v) is 5.28. The van der Waals surface area contributed by atoms with Crippen LogP contribution in [0.3, 0.4) is 0 Å². The van der Waals surface area contributed by atoms with Crippen LogP contribution in [0.25, 0.3) is 0 Å². The van der Waals surface area contributed by atoms with Crippen LogP contribution in [0, 0.1) is 0 Å². The lowest BCUT2D eigenvalue weighted by Crippen LogP contribution is -2.38. The fraction of sp³-hybridized carbons (Fsp3) is 0.600. The van der Waals surface area contributed by atoms with Gasteiger partial charge in [0.25, 0.3) is 0 Å². The van der Waals surface area contributed by atoms with Gasteiger partial charge in [-0.3, -0.25) is 0 Å². The first-order valence-electron chi connectivity index (χ1n) is 6.82. The standard InChI is InChI=1S/C15H21NO/c1-2-7-15-12(5-1)9-13(15)10-17-11-14-6-3-4-8-16-14/h1-2,5,7,13-14,16H,3-4,6,8-11H2. The smallest absolute Gasteiger partial charge is 0.0619 e. The van der Waals surface area contributed by atoms with Crippen LogP contribution in [0.5, 0.6) is 0 Å². The van der Waals surface area contributed by atoms with Crippen LogP contribution in [-0.2, 0) is 11.2 Å². The van der Waals surface area contributed by atoms with E-state index in [0.717, 1.165) is 13.2 Å². The largest absolute Gasteiger partial charge is 0.379 e. The number of ether oxygens (including phenoxy) is 1. The van der Waals surface area contributed by atoms with E-state index in [1.807, 2.05) is 0 Å². The van der Waals surface area contributed by atoms with Crippen LogP contribution in [-0.4, -0.2) is 25.8 Å². The summed E-state index contributed by atoms with van der Waals surface area (Å²) >= 11 is 0. The van der Waals surface area contributed by atoms with Crippen molar-refractivity contribution >= 4 is 0 Å². The highest BCUT2D eigenvalue weighted by molar-refractivity contribution is 5.39. The second-order valence-electron chi connectivity index (χ2n) is 5.28. The molecule has 0 radical (unpaired) electrons. The monoisotopic (exact) mass is 231 g/mol. The van der Waals surface area contributed by atoms with Crippen LogP contribution >= 0.6 is 0 Å². The van der Waals surface area contributed by atoms with Crippen LogP contribution in [0.1, 0.15) is 36.3 Å². The zero-order chi connectivity index (χ0) is 11.5. The summed E-state index contributed by atoms with van der Waals surface area (Å²) in [6, 6.07) is 9.33. The Balaban J connectivity index is 1.41. The van der Waals surface area contributed by atoms with Gasteiger partial charge < -0.3 is 10.1 Å². The number of hydrogen-bond acceptors (Lipinski definition) is 2. The summed E-state index contributed by atoms with van der Waals surface area (Å²) in [5.41, 5.74) is 3.01. The first-order chi connectivity index (χ1) is 8.43. The molecule has 0 bridgehead atoms. The molecule has 2 heteroatoms. The molecule has 17 heavy (non-hydrogen) atoms. The Bertz CT molecular complexity index is 371. The molecule has 92 valence electrons. The summed E-state index contributed by atoms with van der Waals surface area (Å²) in [6.45, 7) is 2.95. The molecule has 1 N–H and O–H groups in total. The van der Waals surface area contributed by atoms with E-state index in [2.05, 4.69) is 29.6 Å². The predicted molar refractivity (Wildman–Crippen MR) is 69.3 cm³/mol. The lowest BCUT2D eigenvalue weighted by Gasteiger charge is -2.31. The molecule has 0 spiro atoms. The Labute approximate surface area is 103 Å². The fourth-order valence-electron chi connectivity index (χ4n) is 2.93. The van der Waals surface area contributed by atoms with Gasteiger partial charge in [-0.25, -0.2) is 0 Å². The Hall–Kier alpha value is -0.860. The predicted octanol–water partition coefficient (Wildman–Crippen LogP) is 2.49. The van der Waals surface area contributed by atoms with Gasteiger partial charge in [0.1, 0.15) is 0 Å². The van der Waals surface area contributed by atoms with Crippen molar-refractivity contribution < 1.29 is 4.74 Å². The van der Waals surface area contributed by atoms with E-state index in [9.17, 15) is 0 Å². The molecule has 2 atom stereocenters. The molecule has 0 saturated carbocycles. The third-order valence-electron chi connectivity index (χ3n) is 4.01. The molecule has 2 unspecified atom stereocenters. The third-order valence-corrected chi connectivity index (χ3v) is 4.01. The van der Waals surface area contributed by atoms with Gasteiger partial charge in [-0.05, 0) is 36.9 Å². The molecule has 1 aliphatic heterocycles. The summed E-state index contributed by atoms with van der Waals surface area (Å²) in [4.78, 5) is 0. The van der Waals surface area contributed by atoms with E-state index < -0.39 is 0 Å². The van der Waals surface area contributed by atoms with Gasteiger partial charge in [0.15, 0.2) is 0 Å². The van der Waals surface area contributed by atoms with Gasteiger partial charge >= 0.3 is 0 Å². The van der Waals surface area contributed by atoms with Crippen LogP contribution in [0.15, 0.2) is 24.3 Å². The van der Waals surface area contributed by atoms with Crippen molar-refractivity contribution in [1.29, 1.82) is 0 Å². The summed E-state index contributed by atoms with van der Waals surface area (Å²) in [5, 5.41) is 3.52. The molecule has 1 heterocycles. The molecule has 1 aromatic carbocycles. The van der Waals surface area contributed by atoms with Gasteiger partial charge in [0.2, 0.25) is 0 Å². The van der Waals surface area contributed by atoms with Crippen molar-refractivity contribution in [2.45, 2.75) is 37.6 Å². The van der Waals surface area contributed by atoms with Crippen molar-refractivity contribution in [3.8, 4) is 0 Å². The maximum Gasteiger partial charge on any atom is 0.0619 e. The van der Waals surface area contributed by atoms with Crippen molar-refractivity contribution in [1.82, 2.24) is 5.32 Å². The van der Waals surface area contributed by atoms with Gasteiger partial charge in [-0.2, -0.15) is 0 Å². The normalized spacial score (nSPS) is 27.3. The molecule has 0 aromatic heterocycles. The minimum atomic E-state index is 0.596. The number of benzene rings is 1. The van der Waals surface area contributed by atoms with Gasteiger partial charge in [-0.15, -0.1) is 0 Å². The first-order valence-corrected chi connectivity index (χ1v) is 6.82. The second kappa shape index (κ2) is 5.19. The summed E-state index contributed by atoms with van der Waals surface area (Å²) < 4.78 is 5.87. The number of rotatable bonds is 4. The lowest BCUT2D eigenvalue weighted by atomic mass is 9.78. The van der Waals surface area contributed by atoms with Gasteiger partial charge in [0, 0.05) is 12.0 Å². The van der Waals surface area contributed by atoms with Crippen molar-refractivity contribution in [2.75, 3.05) is 19.8 Å². The summed E-state index contributed by atoms with van der Waals surface area (Å²) in [6.07, 6.45) is 5.16. The molecule has 1 fully saturated rings. The molecule has 2 aliphatic rings. The quantitative estimate of drug-likeness (QED) is 0.859. The SMILES string of the molecule is c1ccc2c(c1)CC2COCC1CCCCN1. The highest BCUT2D eigenvalue weighted by Gasteiger charge is 2.25. The first kappa shape index (κ1) is 11.2. The molecule has 3 rings (SSSR count). The highest BCUT2D eigenvalue weighted by Crippen LogP contribution is 2.34. The minimum absolute atomic E-state index is 0.596. The Morgan fingerprint density at radius 1 is 1.18 bits per heavy atom. The van der Waals surface area contributed by atoms with E-state index in [1.165, 1.54) is 43.4 Å². The average Bonchev–Trinajstić information content (AvgIpc) is 2.36. The van der Waals surface area contributed by atoms with Crippen molar-refractivity contribution in [3.63, 3.8) is 0 Å². The zero-order valence-corrected chi connectivity index (χ0v) is 10.3. The minimum Gasteiger partial charge on any atom is -0.379 e. The van der Waals surface area contributed by atoms with Crippen molar-refractivity contribution in [3.05, 3.63) is 35.4 Å².